The quantitative estimate of drug-likeness (QED) is 0.806. The second-order valence-corrected chi connectivity index (χ2v) is 5.15. The summed E-state index contributed by atoms with van der Waals surface area (Å²) < 4.78 is 14.7. The van der Waals surface area contributed by atoms with E-state index in [1.54, 1.807) is 47.4 Å². The monoisotopic (exact) mass is 310 g/mol. The fourth-order valence-corrected chi connectivity index (χ4v) is 2.19. The zero-order valence-corrected chi connectivity index (χ0v) is 12.5. The molecule has 3 aromatic rings. The predicted octanol–water partition coefficient (Wildman–Crippen LogP) is 3.03. The van der Waals surface area contributed by atoms with E-state index >= 15 is 0 Å². The van der Waals surface area contributed by atoms with Crippen LogP contribution in [0.1, 0.15) is 21.6 Å². The van der Waals surface area contributed by atoms with Gasteiger partial charge in [0.25, 0.3) is 5.91 Å². The standard InChI is InChI=1S/C17H15FN4O/c1-12-10-16(20-17(23)14-6-8-19-9-7-14)21-22(12)11-13-2-4-15(18)5-3-13/h2-10H,11H2,1H3,(H,20,21,23). The normalized spacial score (nSPS) is 10.5. The van der Waals surface area contributed by atoms with E-state index in [0.717, 1.165) is 11.3 Å². The molecule has 5 nitrogen and oxygen atoms in total. The number of pyridine rings is 1. The topological polar surface area (TPSA) is 59.8 Å². The molecule has 1 aromatic carbocycles. The van der Waals surface area contributed by atoms with Crippen LogP contribution < -0.4 is 5.32 Å². The molecule has 0 aliphatic heterocycles. The highest BCUT2D eigenvalue weighted by Crippen LogP contribution is 2.13. The molecular formula is C17H15FN4O. The van der Waals surface area contributed by atoms with E-state index in [4.69, 9.17) is 0 Å². The molecule has 2 heterocycles. The molecule has 0 unspecified atom stereocenters. The van der Waals surface area contributed by atoms with Crippen molar-refractivity contribution in [3.63, 3.8) is 0 Å². The van der Waals surface area contributed by atoms with Crippen molar-refractivity contribution < 1.29 is 9.18 Å². The molecule has 116 valence electrons. The first-order valence-corrected chi connectivity index (χ1v) is 7.12. The van der Waals surface area contributed by atoms with E-state index in [9.17, 15) is 9.18 Å². The average molecular weight is 310 g/mol. The third-order valence-electron chi connectivity index (χ3n) is 3.41. The molecule has 3 rings (SSSR count). The van der Waals surface area contributed by atoms with Crippen LogP contribution in [-0.4, -0.2) is 20.7 Å². The predicted molar refractivity (Wildman–Crippen MR) is 84.7 cm³/mol. The number of halogens is 1. The summed E-state index contributed by atoms with van der Waals surface area (Å²) in [6.45, 7) is 2.41. The number of nitrogens with one attached hydrogen (secondary N) is 1. The fraction of sp³-hybridized carbons (Fsp3) is 0.118. The molecule has 1 N–H and O–H groups in total. The fourth-order valence-electron chi connectivity index (χ4n) is 2.19. The molecule has 0 radical (unpaired) electrons. The van der Waals surface area contributed by atoms with Gasteiger partial charge in [0, 0.05) is 29.7 Å². The molecule has 6 heteroatoms. The van der Waals surface area contributed by atoms with E-state index in [1.807, 2.05) is 6.92 Å². The molecule has 0 fully saturated rings. The summed E-state index contributed by atoms with van der Waals surface area (Å²) in [5.74, 6) is -0.0264. The second-order valence-electron chi connectivity index (χ2n) is 5.15. The molecular weight excluding hydrogens is 295 g/mol. The van der Waals surface area contributed by atoms with E-state index < -0.39 is 0 Å². The summed E-state index contributed by atoms with van der Waals surface area (Å²) in [7, 11) is 0. The lowest BCUT2D eigenvalue weighted by molar-refractivity contribution is 0.102. The van der Waals surface area contributed by atoms with E-state index in [0.29, 0.717) is 17.9 Å². The third-order valence-corrected chi connectivity index (χ3v) is 3.41. The Kier molecular flexibility index (Phi) is 4.14. The molecule has 0 aliphatic carbocycles. The van der Waals surface area contributed by atoms with Gasteiger partial charge in [0.15, 0.2) is 5.82 Å². The SMILES string of the molecule is Cc1cc(NC(=O)c2ccncc2)nn1Cc1ccc(F)cc1. The highest BCUT2D eigenvalue weighted by molar-refractivity contribution is 6.03. The summed E-state index contributed by atoms with van der Waals surface area (Å²) in [5.41, 5.74) is 2.36. The minimum absolute atomic E-state index is 0.237. The molecule has 0 saturated carbocycles. The van der Waals surface area contributed by atoms with Crippen LogP contribution in [0.4, 0.5) is 10.2 Å². The summed E-state index contributed by atoms with van der Waals surface area (Å²) >= 11 is 0. The first-order valence-electron chi connectivity index (χ1n) is 7.12. The van der Waals surface area contributed by atoms with Crippen LogP contribution in [0.25, 0.3) is 0 Å². The Bertz CT molecular complexity index is 812. The van der Waals surface area contributed by atoms with Crippen molar-refractivity contribution in [2.75, 3.05) is 5.32 Å². The Labute approximate surface area is 132 Å². The number of anilines is 1. The highest BCUT2D eigenvalue weighted by Gasteiger charge is 2.10. The van der Waals surface area contributed by atoms with Crippen molar-refractivity contribution in [2.45, 2.75) is 13.5 Å². The average Bonchev–Trinajstić information content (AvgIpc) is 2.90. The van der Waals surface area contributed by atoms with Crippen molar-refractivity contribution >= 4 is 11.7 Å². The number of nitrogens with zero attached hydrogens (tertiary/aromatic N) is 3. The first kappa shape index (κ1) is 14.9. The van der Waals surface area contributed by atoms with Crippen molar-refractivity contribution in [1.29, 1.82) is 0 Å². The molecule has 0 spiro atoms. The number of aryl methyl sites for hydroxylation is 1. The molecule has 0 aliphatic rings. The Morgan fingerprint density at radius 2 is 1.87 bits per heavy atom. The molecule has 2 aromatic heterocycles. The number of hydrogen-bond donors (Lipinski definition) is 1. The number of carbonyl (C=O) groups excluding carboxylic acids is 1. The largest absolute Gasteiger partial charge is 0.305 e. The van der Waals surface area contributed by atoms with Gasteiger partial charge in [0.05, 0.1) is 6.54 Å². The number of rotatable bonds is 4. The number of hydrogen-bond acceptors (Lipinski definition) is 3. The van der Waals surface area contributed by atoms with Crippen LogP contribution in [0.2, 0.25) is 0 Å². The van der Waals surface area contributed by atoms with Crippen LogP contribution in [0.5, 0.6) is 0 Å². The summed E-state index contributed by atoms with van der Waals surface area (Å²) in [6.07, 6.45) is 3.13. The van der Waals surface area contributed by atoms with Gasteiger partial charge in [0.2, 0.25) is 0 Å². The highest BCUT2D eigenvalue weighted by atomic mass is 19.1. The van der Waals surface area contributed by atoms with Crippen LogP contribution in [0.3, 0.4) is 0 Å². The second kappa shape index (κ2) is 6.39. The Morgan fingerprint density at radius 3 is 2.57 bits per heavy atom. The third kappa shape index (κ3) is 3.60. The molecule has 0 atom stereocenters. The van der Waals surface area contributed by atoms with E-state index in [2.05, 4.69) is 15.4 Å². The molecule has 1 amide bonds. The van der Waals surface area contributed by atoms with Crippen molar-refractivity contribution in [3.8, 4) is 0 Å². The maximum atomic E-state index is 12.9. The minimum Gasteiger partial charge on any atom is -0.305 e. The van der Waals surface area contributed by atoms with Crippen molar-refractivity contribution in [1.82, 2.24) is 14.8 Å². The summed E-state index contributed by atoms with van der Waals surface area (Å²) in [6, 6.07) is 11.3. The van der Waals surface area contributed by atoms with Gasteiger partial charge < -0.3 is 5.32 Å². The van der Waals surface area contributed by atoms with Gasteiger partial charge in [-0.15, -0.1) is 0 Å². The maximum Gasteiger partial charge on any atom is 0.256 e. The smallest absolute Gasteiger partial charge is 0.256 e. The number of aromatic nitrogens is 3. The lowest BCUT2D eigenvalue weighted by Crippen LogP contribution is -2.13. The van der Waals surface area contributed by atoms with Crippen molar-refractivity contribution in [3.05, 3.63) is 77.5 Å². The van der Waals surface area contributed by atoms with Crippen molar-refractivity contribution in [2.24, 2.45) is 0 Å². The molecule has 0 bridgehead atoms. The van der Waals surface area contributed by atoms with Crippen LogP contribution in [0.15, 0.2) is 54.9 Å². The summed E-state index contributed by atoms with van der Waals surface area (Å²) in [4.78, 5) is 16.0. The van der Waals surface area contributed by atoms with Gasteiger partial charge >= 0.3 is 0 Å². The number of carbonyl (C=O) groups is 1. The Balaban J connectivity index is 1.73. The lowest BCUT2D eigenvalue weighted by Gasteiger charge is -2.04. The van der Waals surface area contributed by atoms with Crippen LogP contribution in [-0.2, 0) is 6.54 Å². The Hall–Kier alpha value is -3.02. The number of benzene rings is 1. The minimum atomic E-state index is -0.267. The molecule has 0 saturated heterocycles. The van der Waals surface area contributed by atoms with Gasteiger partial charge in [-0.3, -0.25) is 14.5 Å². The van der Waals surface area contributed by atoms with E-state index in [-0.39, 0.29) is 11.7 Å². The Morgan fingerprint density at radius 1 is 1.17 bits per heavy atom. The summed E-state index contributed by atoms with van der Waals surface area (Å²) in [5, 5.41) is 7.12. The number of amides is 1. The zero-order chi connectivity index (χ0) is 16.2. The van der Waals surface area contributed by atoms with Crippen LogP contribution in [0, 0.1) is 12.7 Å². The zero-order valence-electron chi connectivity index (χ0n) is 12.5. The van der Waals surface area contributed by atoms with Gasteiger partial charge in [-0.05, 0) is 36.8 Å². The lowest BCUT2D eigenvalue weighted by atomic mass is 10.2. The molecule has 23 heavy (non-hydrogen) atoms. The van der Waals surface area contributed by atoms with Gasteiger partial charge in [-0.25, -0.2) is 4.39 Å². The van der Waals surface area contributed by atoms with Gasteiger partial charge in [-0.1, -0.05) is 12.1 Å². The van der Waals surface area contributed by atoms with Crippen LogP contribution >= 0.6 is 0 Å². The first-order chi connectivity index (χ1) is 11.1. The van der Waals surface area contributed by atoms with E-state index in [1.165, 1.54) is 12.1 Å². The maximum absolute atomic E-state index is 12.9. The van der Waals surface area contributed by atoms with Gasteiger partial charge in [0.1, 0.15) is 5.82 Å². The van der Waals surface area contributed by atoms with Gasteiger partial charge in [-0.2, -0.15) is 5.10 Å².